The predicted molar refractivity (Wildman–Crippen MR) is 72.0 cm³/mol. The van der Waals surface area contributed by atoms with Crippen molar-refractivity contribution in [3.05, 3.63) is 52.4 Å². The lowest BCUT2D eigenvalue weighted by Gasteiger charge is -2.00. The molecule has 0 radical (unpaired) electrons. The minimum atomic E-state index is -1.30. The van der Waals surface area contributed by atoms with Crippen molar-refractivity contribution in [2.24, 2.45) is 0 Å². The van der Waals surface area contributed by atoms with Crippen molar-refractivity contribution < 1.29 is 18.5 Å². The monoisotopic (exact) mass is 298 g/mol. The molecule has 6 heteroatoms. The number of aromatic carboxylic acids is 1. The molecule has 2 aromatic rings. The summed E-state index contributed by atoms with van der Waals surface area (Å²) in [6, 6.07) is 8.26. The van der Waals surface area contributed by atoms with Gasteiger partial charge in [-0.15, -0.1) is 0 Å². The fraction of sp³-hybridized carbons (Fsp3) is 0.154. The Morgan fingerprint density at radius 2 is 2.00 bits per heavy atom. The molecule has 4 nitrogen and oxygen atoms in total. The summed E-state index contributed by atoms with van der Waals surface area (Å²) in [5, 5.41) is 9.45. The van der Waals surface area contributed by atoms with Crippen LogP contribution in [0.25, 0.3) is 0 Å². The molecule has 100 valence electrons. The second-order valence-electron chi connectivity index (χ2n) is 3.97. The third-order valence-corrected chi connectivity index (χ3v) is 4.11. The summed E-state index contributed by atoms with van der Waals surface area (Å²) >= 11 is 5.75. The Bertz CT molecular complexity index is 631. The van der Waals surface area contributed by atoms with Crippen LogP contribution in [0.4, 0.5) is 0 Å². The van der Waals surface area contributed by atoms with Crippen LogP contribution < -0.4 is 0 Å². The van der Waals surface area contributed by atoms with Gasteiger partial charge in [0, 0.05) is 15.5 Å². The Kier molecular flexibility index (Phi) is 4.07. The van der Waals surface area contributed by atoms with Gasteiger partial charge in [-0.1, -0.05) is 11.6 Å². The van der Waals surface area contributed by atoms with E-state index in [1.165, 1.54) is 0 Å². The summed E-state index contributed by atoms with van der Waals surface area (Å²) in [5.41, 5.74) is 0.524. The normalized spacial score (nSPS) is 12.3. The molecular weight excluding hydrogens is 288 g/mol. The molecule has 1 unspecified atom stereocenters. The minimum Gasteiger partial charge on any atom is -0.475 e. The van der Waals surface area contributed by atoms with Crippen LogP contribution in [0.3, 0.4) is 0 Å². The molecule has 1 heterocycles. The quantitative estimate of drug-likeness (QED) is 0.941. The SMILES string of the molecule is Cc1cc(CS(=O)c2ccc(Cl)cc2)oc1C(=O)O. The lowest BCUT2D eigenvalue weighted by atomic mass is 10.3. The molecule has 19 heavy (non-hydrogen) atoms. The highest BCUT2D eigenvalue weighted by Crippen LogP contribution is 2.19. The first-order chi connectivity index (χ1) is 8.97. The lowest BCUT2D eigenvalue weighted by Crippen LogP contribution is -1.96. The van der Waals surface area contributed by atoms with Crippen LogP contribution in [0.2, 0.25) is 5.02 Å². The Labute approximate surface area is 117 Å². The van der Waals surface area contributed by atoms with Gasteiger partial charge in [0.2, 0.25) is 5.76 Å². The largest absolute Gasteiger partial charge is 0.475 e. The van der Waals surface area contributed by atoms with Crippen LogP contribution in [0, 0.1) is 6.92 Å². The number of carboxylic acids is 1. The zero-order valence-corrected chi connectivity index (χ0v) is 11.6. The molecule has 0 amide bonds. The molecule has 0 spiro atoms. The predicted octanol–water partition coefficient (Wildman–Crippen LogP) is 3.25. The number of halogens is 1. The van der Waals surface area contributed by atoms with E-state index in [9.17, 15) is 9.00 Å². The van der Waals surface area contributed by atoms with Crippen LogP contribution >= 0.6 is 11.6 Å². The summed E-state index contributed by atoms with van der Waals surface area (Å²) in [6.07, 6.45) is 0. The number of hydrogen-bond donors (Lipinski definition) is 1. The van der Waals surface area contributed by atoms with E-state index in [-0.39, 0.29) is 11.5 Å². The fourth-order valence-electron chi connectivity index (χ4n) is 1.63. The van der Waals surface area contributed by atoms with Gasteiger partial charge in [-0.25, -0.2) is 4.79 Å². The summed E-state index contributed by atoms with van der Waals surface area (Å²) in [5.74, 6) is -0.706. The number of hydrogen-bond acceptors (Lipinski definition) is 3. The fourth-order valence-corrected chi connectivity index (χ4v) is 2.76. The second-order valence-corrected chi connectivity index (χ2v) is 5.86. The average Bonchev–Trinajstić information content (AvgIpc) is 2.71. The van der Waals surface area contributed by atoms with Gasteiger partial charge in [0.15, 0.2) is 0 Å². The van der Waals surface area contributed by atoms with E-state index in [4.69, 9.17) is 21.1 Å². The first-order valence-corrected chi connectivity index (χ1v) is 7.13. The van der Waals surface area contributed by atoms with E-state index in [1.54, 1.807) is 37.3 Å². The van der Waals surface area contributed by atoms with Crippen LogP contribution in [0.15, 0.2) is 39.6 Å². The molecular formula is C13H11ClO4S. The maximum Gasteiger partial charge on any atom is 0.372 e. The Morgan fingerprint density at radius 1 is 1.37 bits per heavy atom. The Balaban J connectivity index is 2.17. The van der Waals surface area contributed by atoms with Crippen molar-refractivity contribution in [1.29, 1.82) is 0 Å². The van der Waals surface area contributed by atoms with Gasteiger partial charge in [-0.3, -0.25) is 4.21 Å². The number of carbonyl (C=O) groups is 1. The molecule has 0 fully saturated rings. The van der Waals surface area contributed by atoms with Crippen molar-refractivity contribution in [2.45, 2.75) is 17.6 Å². The highest BCUT2D eigenvalue weighted by atomic mass is 35.5. The van der Waals surface area contributed by atoms with E-state index in [0.29, 0.717) is 21.2 Å². The van der Waals surface area contributed by atoms with E-state index in [2.05, 4.69) is 0 Å². The number of benzene rings is 1. The van der Waals surface area contributed by atoms with Crippen LogP contribution in [0.5, 0.6) is 0 Å². The average molecular weight is 299 g/mol. The molecule has 2 rings (SSSR count). The maximum absolute atomic E-state index is 12.1. The second kappa shape index (κ2) is 5.59. The molecule has 0 aliphatic rings. The zero-order valence-electron chi connectivity index (χ0n) is 10.1. The van der Waals surface area contributed by atoms with Gasteiger partial charge < -0.3 is 9.52 Å². The highest BCUT2D eigenvalue weighted by Gasteiger charge is 2.16. The maximum atomic E-state index is 12.1. The third-order valence-electron chi connectivity index (χ3n) is 2.51. The summed E-state index contributed by atoms with van der Waals surface area (Å²) in [6.45, 7) is 1.64. The summed E-state index contributed by atoms with van der Waals surface area (Å²) in [4.78, 5) is 11.5. The van der Waals surface area contributed by atoms with Crippen molar-refractivity contribution >= 4 is 28.4 Å². The molecule has 1 aromatic carbocycles. The first kappa shape index (κ1) is 13.8. The van der Waals surface area contributed by atoms with Gasteiger partial charge in [0.1, 0.15) is 5.76 Å². The summed E-state index contributed by atoms with van der Waals surface area (Å²) in [7, 11) is -1.30. The molecule has 0 bridgehead atoms. The summed E-state index contributed by atoms with van der Waals surface area (Å²) < 4.78 is 17.2. The molecule has 1 atom stereocenters. The number of carboxylic acid groups (broad SMARTS) is 1. The molecule has 0 aliphatic heterocycles. The van der Waals surface area contributed by atoms with Crippen molar-refractivity contribution in [3.63, 3.8) is 0 Å². The van der Waals surface area contributed by atoms with Gasteiger partial charge >= 0.3 is 5.97 Å². The first-order valence-electron chi connectivity index (χ1n) is 5.44. The molecule has 0 saturated carbocycles. The van der Waals surface area contributed by atoms with E-state index in [1.807, 2.05) is 0 Å². The van der Waals surface area contributed by atoms with Crippen molar-refractivity contribution in [2.75, 3.05) is 0 Å². The molecule has 0 aliphatic carbocycles. The Morgan fingerprint density at radius 3 is 2.53 bits per heavy atom. The van der Waals surface area contributed by atoms with Crippen LogP contribution in [-0.2, 0) is 16.6 Å². The highest BCUT2D eigenvalue weighted by molar-refractivity contribution is 7.84. The topological polar surface area (TPSA) is 67.5 Å². The van der Waals surface area contributed by atoms with Gasteiger partial charge in [-0.05, 0) is 37.3 Å². The van der Waals surface area contributed by atoms with Crippen molar-refractivity contribution in [1.82, 2.24) is 0 Å². The number of rotatable bonds is 4. The molecule has 0 saturated heterocycles. The van der Waals surface area contributed by atoms with E-state index >= 15 is 0 Å². The molecule has 1 aromatic heterocycles. The van der Waals surface area contributed by atoms with Crippen LogP contribution in [0.1, 0.15) is 21.9 Å². The Hall–Kier alpha value is -1.59. The molecule has 1 N–H and O–H groups in total. The van der Waals surface area contributed by atoms with E-state index < -0.39 is 16.8 Å². The third kappa shape index (κ3) is 3.24. The minimum absolute atomic E-state index is 0.108. The smallest absolute Gasteiger partial charge is 0.372 e. The standard InChI is InChI=1S/C13H11ClO4S/c1-8-6-10(18-12(8)13(15)16)7-19(17)11-4-2-9(14)3-5-11/h2-6H,7H2,1H3,(H,15,16). The number of aryl methyl sites for hydroxylation is 1. The van der Waals surface area contributed by atoms with Crippen molar-refractivity contribution in [3.8, 4) is 0 Å². The van der Waals surface area contributed by atoms with Gasteiger partial charge in [0.05, 0.1) is 16.6 Å². The van der Waals surface area contributed by atoms with E-state index in [0.717, 1.165) is 0 Å². The zero-order chi connectivity index (χ0) is 14.0. The van der Waals surface area contributed by atoms with Crippen LogP contribution in [-0.4, -0.2) is 15.3 Å². The lowest BCUT2D eigenvalue weighted by molar-refractivity contribution is 0.0659. The number of furan rings is 1. The van der Waals surface area contributed by atoms with Gasteiger partial charge in [0.25, 0.3) is 0 Å². The van der Waals surface area contributed by atoms with Gasteiger partial charge in [-0.2, -0.15) is 0 Å².